The third kappa shape index (κ3) is 11.0. The van der Waals surface area contributed by atoms with Crippen LogP contribution in [-0.2, 0) is 37.2 Å². The Morgan fingerprint density at radius 3 is 2.02 bits per heavy atom. The number of unbranched alkanes of at least 4 members (excludes halogenated alkanes) is 2. The summed E-state index contributed by atoms with van der Waals surface area (Å²) < 4.78 is 4.92. The zero-order valence-electron chi connectivity index (χ0n) is 29.0. The molecule has 1 aliphatic heterocycles. The first kappa shape index (κ1) is 38.4. The maximum atomic E-state index is 14.6. The Bertz CT molecular complexity index is 1330. The zero-order valence-corrected chi connectivity index (χ0v) is 29.0. The van der Waals surface area contributed by atoms with Crippen LogP contribution in [0, 0.1) is 11.8 Å². The van der Waals surface area contributed by atoms with E-state index in [4.69, 9.17) is 9.57 Å². The van der Waals surface area contributed by atoms with Gasteiger partial charge in [-0.3, -0.25) is 24.6 Å². The first-order valence-electron chi connectivity index (χ1n) is 17.3. The number of hydrogen-bond donors (Lipinski definition) is 2. The van der Waals surface area contributed by atoms with E-state index in [0.717, 1.165) is 24.0 Å². The van der Waals surface area contributed by atoms with E-state index < -0.39 is 40.4 Å². The second kappa shape index (κ2) is 19.7. The Hall–Kier alpha value is -4.09. The number of ketones is 1. The monoisotopic (exact) mass is 665 g/mol. The van der Waals surface area contributed by atoms with Crippen LogP contribution in [0.2, 0.25) is 0 Å². The quantitative estimate of drug-likeness (QED) is 0.122. The molecule has 0 bridgehead atoms. The molecule has 1 saturated heterocycles. The lowest BCUT2D eigenvalue weighted by Crippen LogP contribution is -2.71. The summed E-state index contributed by atoms with van der Waals surface area (Å²) in [5, 5.41) is 2.93. The molecule has 3 rings (SSSR count). The fraction of sp³-hybridized carbons (Fsp3) is 0.541. The van der Waals surface area contributed by atoms with Crippen LogP contribution in [0.3, 0.4) is 0 Å². The number of nitrogens with zero attached hydrogens (tertiary/aromatic N) is 2. The predicted octanol–water partition coefficient (Wildman–Crippen LogP) is 5.92. The molecule has 2 aromatic carbocycles. The van der Waals surface area contributed by atoms with Crippen LogP contribution in [0.4, 0.5) is 9.59 Å². The molecule has 48 heavy (non-hydrogen) atoms. The van der Waals surface area contributed by atoms with Gasteiger partial charge in [-0.1, -0.05) is 114 Å². The molecule has 262 valence electrons. The van der Waals surface area contributed by atoms with Crippen molar-refractivity contribution in [3.05, 3.63) is 71.8 Å². The van der Waals surface area contributed by atoms with E-state index in [1.165, 1.54) is 4.90 Å². The molecule has 3 atom stereocenters. The number of carbonyl (C=O) groups excluding carboxylic acids is 5. The summed E-state index contributed by atoms with van der Waals surface area (Å²) in [6.45, 7) is 8.11. The van der Waals surface area contributed by atoms with Crippen molar-refractivity contribution >= 4 is 29.7 Å². The van der Waals surface area contributed by atoms with Crippen molar-refractivity contribution in [1.29, 1.82) is 0 Å². The topological polar surface area (TPSA) is 131 Å². The number of benzene rings is 2. The summed E-state index contributed by atoms with van der Waals surface area (Å²) in [7, 11) is 0. The van der Waals surface area contributed by atoms with E-state index in [-0.39, 0.29) is 63.9 Å². The minimum Gasteiger partial charge on any atom is -0.445 e. The van der Waals surface area contributed by atoms with Gasteiger partial charge < -0.3 is 4.74 Å². The fourth-order valence-electron chi connectivity index (χ4n) is 5.92. The summed E-state index contributed by atoms with van der Waals surface area (Å²) in [4.78, 5) is 74.9. The Labute approximate surface area is 284 Å². The molecule has 1 fully saturated rings. The molecular weight excluding hydrogens is 612 g/mol. The number of rotatable bonds is 17. The van der Waals surface area contributed by atoms with Crippen LogP contribution in [0.25, 0.3) is 0 Å². The second-order valence-corrected chi connectivity index (χ2v) is 12.6. The highest BCUT2D eigenvalue weighted by atomic mass is 16.6. The third-order valence-corrected chi connectivity index (χ3v) is 9.17. The van der Waals surface area contributed by atoms with Crippen LogP contribution in [0.5, 0.6) is 0 Å². The van der Waals surface area contributed by atoms with Crippen molar-refractivity contribution < 1.29 is 38.0 Å². The van der Waals surface area contributed by atoms with Gasteiger partial charge in [-0.05, 0) is 23.5 Å². The summed E-state index contributed by atoms with van der Waals surface area (Å²) in [6, 6.07) is 17.4. The number of hydroxylamine groups is 1. The number of ether oxygens (including phenoxy) is 1. The molecule has 0 aromatic heterocycles. The molecule has 11 heteroatoms. The average molecular weight is 666 g/mol. The van der Waals surface area contributed by atoms with Gasteiger partial charge in [0.2, 0.25) is 5.91 Å². The summed E-state index contributed by atoms with van der Waals surface area (Å²) in [5.74, 6) is -1.88. The number of hydrogen-bond acceptors (Lipinski definition) is 7. The largest absolute Gasteiger partial charge is 0.445 e. The molecule has 0 saturated carbocycles. The smallest absolute Gasteiger partial charge is 0.424 e. The molecule has 1 heterocycles. The van der Waals surface area contributed by atoms with E-state index in [0.29, 0.717) is 19.3 Å². The van der Waals surface area contributed by atoms with E-state index in [2.05, 4.69) is 17.7 Å². The number of Topliss-reactive ketones (excluding diaryl/α,β-unsaturated/α-hetero) is 1. The highest BCUT2D eigenvalue weighted by Gasteiger charge is 2.52. The number of piperazine rings is 1. The number of urea groups is 1. The maximum Gasteiger partial charge on any atom is 0.424 e. The fourth-order valence-corrected chi connectivity index (χ4v) is 5.92. The van der Waals surface area contributed by atoms with Gasteiger partial charge in [-0.25, -0.2) is 19.9 Å². The van der Waals surface area contributed by atoms with Gasteiger partial charge in [0.25, 0.3) is 0 Å². The van der Waals surface area contributed by atoms with Crippen LogP contribution < -0.4 is 10.8 Å². The van der Waals surface area contributed by atoms with E-state index in [1.54, 1.807) is 6.92 Å². The van der Waals surface area contributed by atoms with E-state index >= 15 is 0 Å². The van der Waals surface area contributed by atoms with Crippen LogP contribution in [-0.4, -0.2) is 71.3 Å². The van der Waals surface area contributed by atoms with Gasteiger partial charge in [0, 0.05) is 12.8 Å². The van der Waals surface area contributed by atoms with Crippen LogP contribution >= 0.6 is 0 Å². The molecule has 0 radical (unpaired) electrons. The molecular formula is C37H53N4O7+. The van der Waals surface area contributed by atoms with Crippen molar-refractivity contribution in [1.82, 2.24) is 15.7 Å². The molecule has 5 amide bonds. The summed E-state index contributed by atoms with van der Waals surface area (Å²) >= 11 is 0. The van der Waals surface area contributed by atoms with Crippen molar-refractivity contribution in [2.75, 3.05) is 26.2 Å². The Balaban J connectivity index is 1.81. The number of amides is 5. The lowest BCUT2D eigenvalue weighted by molar-refractivity contribution is -0.781. The molecule has 0 spiro atoms. The van der Waals surface area contributed by atoms with Gasteiger partial charge in [0.05, 0.1) is 31.7 Å². The lowest BCUT2D eigenvalue weighted by atomic mass is 9.93. The number of nitrogens with one attached hydrogen (secondary N) is 2. The van der Waals surface area contributed by atoms with Crippen molar-refractivity contribution in [3.8, 4) is 0 Å². The predicted molar refractivity (Wildman–Crippen MR) is 182 cm³/mol. The maximum absolute atomic E-state index is 14.6. The standard InChI is InChI=1S/C37H52N4O7/c1-5-8-11-20-31(25-33(43)39-48-27-30-18-14-10-15-19-30)35(44)41(36(45)38-34(28(4)6-2)32(42)7-3)23-21-40(22-24-41)37(46)47-26-29-16-12-9-13-17-29/h9-10,12-19,28,31,34H,5-8,11,20-27H2,1-4H3,(H-,38,39,43,45)/p+1/t28-,31-,34-/m1/s1. The van der Waals surface area contributed by atoms with Crippen molar-refractivity contribution in [2.45, 2.75) is 91.9 Å². The molecule has 2 aromatic rings. The second-order valence-electron chi connectivity index (χ2n) is 12.6. The highest BCUT2D eigenvalue weighted by molar-refractivity contribution is 5.92. The summed E-state index contributed by atoms with van der Waals surface area (Å²) in [6.07, 6.45) is 3.12. The Morgan fingerprint density at radius 1 is 0.854 bits per heavy atom. The minimum atomic E-state index is -0.775. The van der Waals surface area contributed by atoms with Gasteiger partial charge in [0.1, 0.15) is 19.7 Å². The average Bonchev–Trinajstić information content (AvgIpc) is 3.12. The molecule has 0 unspecified atom stereocenters. The van der Waals surface area contributed by atoms with E-state index in [9.17, 15) is 24.0 Å². The number of quaternary nitrogens is 1. The molecule has 2 N–H and O–H groups in total. The number of carbonyl (C=O) groups is 5. The molecule has 0 aliphatic carbocycles. The third-order valence-electron chi connectivity index (χ3n) is 9.17. The molecule has 1 aliphatic rings. The Morgan fingerprint density at radius 2 is 1.46 bits per heavy atom. The van der Waals surface area contributed by atoms with Gasteiger partial charge >= 0.3 is 18.0 Å². The van der Waals surface area contributed by atoms with Gasteiger partial charge in [0.15, 0.2) is 5.78 Å². The zero-order chi connectivity index (χ0) is 34.9. The first-order chi connectivity index (χ1) is 23.1. The minimum absolute atomic E-state index is 0.00491. The number of imide groups is 1. The lowest BCUT2D eigenvalue weighted by Gasteiger charge is -2.42. The van der Waals surface area contributed by atoms with Crippen molar-refractivity contribution in [3.63, 3.8) is 0 Å². The van der Waals surface area contributed by atoms with Crippen molar-refractivity contribution in [2.24, 2.45) is 11.8 Å². The van der Waals surface area contributed by atoms with Gasteiger partial charge in [-0.2, -0.15) is 4.48 Å². The first-order valence-corrected chi connectivity index (χ1v) is 17.3. The SMILES string of the molecule is CCCCC[C@H](CC(=O)NOCc1ccccc1)C(=O)[N+]1(C(=O)N[C@@H](C(=O)CC)[C@H](C)CC)CCN(C(=O)OCc2ccccc2)CC1. The normalized spacial score (nSPS) is 15.9. The molecule has 11 nitrogen and oxygen atoms in total. The summed E-state index contributed by atoms with van der Waals surface area (Å²) in [5.41, 5.74) is 4.19. The van der Waals surface area contributed by atoms with E-state index in [1.807, 2.05) is 74.5 Å². The van der Waals surface area contributed by atoms with Crippen LogP contribution in [0.1, 0.15) is 83.8 Å². The van der Waals surface area contributed by atoms with Crippen LogP contribution in [0.15, 0.2) is 60.7 Å². The Kier molecular flexibility index (Phi) is 15.7. The van der Waals surface area contributed by atoms with Gasteiger partial charge in [-0.15, -0.1) is 0 Å². The highest BCUT2D eigenvalue weighted by Crippen LogP contribution is 2.26.